The third kappa shape index (κ3) is 8.71. The molecule has 1 aliphatic carbocycles. The van der Waals surface area contributed by atoms with Crippen LogP contribution in [0.4, 0.5) is 0 Å². The smallest absolute Gasteiger partial charge is 0.306 e. The highest BCUT2D eigenvalue weighted by molar-refractivity contribution is 5.69. The summed E-state index contributed by atoms with van der Waals surface area (Å²) < 4.78 is 0. The minimum atomic E-state index is -0.687. The maximum atomic E-state index is 11.2. The lowest BCUT2D eigenvalue weighted by atomic mass is 9.83. The van der Waals surface area contributed by atoms with Gasteiger partial charge in [0.2, 0.25) is 0 Å². The van der Waals surface area contributed by atoms with Gasteiger partial charge in [0.15, 0.2) is 0 Å². The van der Waals surface area contributed by atoms with Crippen molar-refractivity contribution in [3.8, 4) is 0 Å². The van der Waals surface area contributed by atoms with Gasteiger partial charge in [0.1, 0.15) is 0 Å². The predicted octanol–water partition coefficient (Wildman–Crippen LogP) is 3.95. The summed E-state index contributed by atoms with van der Waals surface area (Å²) in [5.74, 6) is 0.165. The molecule has 136 valence electrons. The Hall–Kier alpha value is -0.610. The second kappa shape index (κ2) is 11.0. The molecule has 1 saturated carbocycles. The molecule has 0 radical (unpaired) electrons. The fraction of sp³-hybridized carbons (Fsp3) is 0.947. The molecule has 0 aliphatic heterocycles. The van der Waals surface area contributed by atoms with E-state index < -0.39 is 12.1 Å². The molecule has 4 N–H and O–H groups in total. The molecule has 0 saturated heterocycles. The molecule has 1 unspecified atom stereocenters. The van der Waals surface area contributed by atoms with Crippen LogP contribution in [0.15, 0.2) is 0 Å². The van der Waals surface area contributed by atoms with E-state index in [9.17, 15) is 15.0 Å². The molecule has 4 nitrogen and oxygen atoms in total. The van der Waals surface area contributed by atoms with Gasteiger partial charge in [-0.1, -0.05) is 58.8 Å². The summed E-state index contributed by atoms with van der Waals surface area (Å²) in [6.07, 6.45) is 10.8. The highest BCUT2D eigenvalue weighted by Gasteiger charge is 2.22. The lowest BCUT2D eigenvalue weighted by Gasteiger charge is -2.27. The van der Waals surface area contributed by atoms with Gasteiger partial charge in [0.05, 0.1) is 12.0 Å². The number of carboxylic acid groups (broad SMARTS) is 1. The van der Waals surface area contributed by atoms with Crippen LogP contribution in [0.1, 0.15) is 84.5 Å². The Morgan fingerprint density at radius 1 is 1.13 bits per heavy atom. The van der Waals surface area contributed by atoms with Crippen molar-refractivity contribution >= 4 is 5.97 Å². The van der Waals surface area contributed by atoms with E-state index in [1.807, 2.05) is 0 Å². The van der Waals surface area contributed by atoms with Crippen LogP contribution in [0, 0.1) is 17.8 Å². The molecule has 3 atom stereocenters. The SMILES string of the molecule is CC(C)CC(CCCC[C@H](O)[C@@H](N)CC1CCCCC1)C(=O)O. The molecule has 23 heavy (non-hydrogen) atoms. The van der Waals surface area contributed by atoms with Gasteiger partial charge in [-0.25, -0.2) is 0 Å². The number of nitrogens with two attached hydrogens (primary N) is 1. The first-order chi connectivity index (χ1) is 10.9. The molecule has 0 amide bonds. The lowest BCUT2D eigenvalue weighted by molar-refractivity contribution is -0.142. The third-order valence-corrected chi connectivity index (χ3v) is 5.23. The van der Waals surface area contributed by atoms with E-state index in [2.05, 4.69) is 13.8 Å². The van der Waals surface area contributed by atoms with Crippen LogP contribution in [0.25, 0.3) is 0 Å². The van der Waals surface area contributed by atoms with E-state index in [4.69, 9.17) is 5.73 Å². The van der Waals surface area contributed by atoms with E-state index in [1.165, 1.54) is 32.1 Å². The van der Waals surface area contributed by atoms with Crippen molar-refractivity contribution in [2.45, 2.75) is 96.6 Å². The molecule has 0 bridgehead atoms. The van der Waals surface area contributed by atoms with Crippen LogP contribution in [0.2, 0.25) is 0 Å². The zero-order chi connectivity index (χ0) is 17.2. The van der Waals surface area contributed by atoms with Crippen LogP contribution in [0.5, 0.6) is 0 Å². The monoisotopic (exact) mass is 327 g/mol. The van der Waals surface area contributed by atoms with Crippen molar-refractivity contribution in [1.29, 1.82) is 0 Å². The summed E-state index contributed by atoms with van der Waals surface area (Å²) in [4.78, 5) is 11.2. The average molecular weight is 328 g/mol. The van der Waals surface area contributed by atoms with E-state index in [0.29, 0.717) is 24.7 Å². The van der Waals surface area contributed by atoms with Crippen LogP contribution < -0.4 is 5.73 Å². The summed E-state index contributed by atoms with van der Waals surface area (Å²) in [7, 11) is 0. The van der Waals surface area contributed by atoms with E-state index in [1.54, 1.807) is 0 Å². The van der Waals surface area contributed by atoms with Crippen LogP contribution in [-0.4, -0.2) is 28.3 Å². The second-order valence-corrected chi connectivity index (χ2v) is 7.92. The standard InChI is InChI=1S/C19H37NO3/c1-14(2)12-16(19(22)23)10-6-7-11-18(21)17(20)13-15-8-4-3-5-9-15/h14-18,21H,3-13,20H2,1-2H3,(H,22,23)/t16?,17-,18-/m0/s1. The zero-order valence-electron chi connectivity index (χ0n) is 15.0. The molecule has 0 aromatic heterocycles. The normalized spacial score (nSPS) is 20.4. The van der Waals surface area contributed by atoms with E-state index in [-0.39, 0.29) is 12.0 Å². The Bertz CT molecular complexity index is 327. The Kier molecular flexibility index (Phi) is 9.80. The number of aliphatic carboxylic acids is 1. The second-order valence-electron chi connectivity index (χ2n) is 7.92. The zero-order valence-corrected chi connectivity index (χ0v) is 15.0. The van der Waals surface area contributed by atoms with Gasteiger partial charge < -0.3 is 15.9 Å². The van der Waals surface area contributed by atoms with Crippen molar-refractivity contribution in [2.24, 2.45) is 23.5 Å². The van der Waals surface area contributed by atoms with Crippen molar-refractivity contribution in [3.63, 3.8) is 0 Å². The fourth-order valence-corrected chi connectivity index (χ4v) is 3.83. The van der Waals surface area contributed by atoms with Gasteiger partial charge >= 0.3 is 5.97 Å². The molecule has 0 heterocycles. The van der Waals surface area contributed by atoms with Gasteiger partial charge in [-0.3, -0.25) is 4.79 Å². The molecule has 1 rings (SSSR count). The topological polar surface area (TPSA) is 83.5 Å². The van der Waals surface area contributed by atoms with Gasteiger partial charge in [-0.05, 0) is 37.5 Å². The van der Waals surface area contributed by atoms with Gasteiger partial charge in [0.25, 0.3) is 0 Å². The molecule has 4 heteroatoms. The Labute approximate surface area is 141 Å². The van der Waals surface area contributed by atoms with E-state index in [0.717, 1.165) is 25.7 Å². The number of aliphatic hydroxyl groups is 1. The number of rotatable bonds is 11. The number of hydrogen-bond donors (Lipinski definition) is 3. The first kappa shape index (κ1) is 20.4. The third-order valence-electron chi connectivity index (χ3n) is 5.23. The van der Waals surface area contributed by atoms with Crippen molar-refractivity contribution in [2.75, 3.05) is 0 Å². The molecule has 1 aliphatic rings. The molecule has 0 spiro atoms. The summed E-state index contributed by atoms with van der Waals surface area (Å²) in [5.41, 5.74) is 6.16. The Morgan fingerprint density at radius 3 is 2.30 bits per heavy atom. The quantitative estimate of drug-likeness (QED) is 0.502. The van der Waals surface area contributed by atoms with Crippen LogP contribution in [-0.2, 0) is 4.79 Å². The maximum Gasteiger partial charge on any atom is 0.306 e. The Morgan fingerprint density at radius 2 is 1.74 bits per heavy atom. The molecule has 1 fully saturated rings. The van der Waals surface area contributed by atoms with Crippen molar-refractivity contribution < 1.29 is 15.0 Å². The summed E-state index contributed by atoms with van der Waals surface area (Å²) in [6.45, 7) is 4.12. The van der Waals surface area contributed by atoms with Crippen LogP contribution in [0.3, 0.4) is 0 Å². The molecule has 0 aromatic rings. The average Bonchev–Trinajstić information content (AvgIpc) is 2.50. The molecular weight excluding hydrogens is 290 g/mol. The van der Waals surface area contributed by atoms with E-state index >= 15 is 0 Å². The number of unbranched alkanes of at least 4 members (excludes halogenated alkanes) is 1. The van der Waals surface area contributed by atoms with Gasteiger partial charge in [-0.15, -0.1) is 0 Å². The largest absolute Gasteiger partial charge is 0.481 e. The molecule has 0 aromatic carbocycles. The van der Waals surface area contributed by atoms with Gasteiger partial charge in [0, 0.05) is 6.04 Å². The predicted molar refractivity (Wildman–Crippen MR) is 94.2 cm³/mol. The fourth-order valence-electron chi connectivity index (χ4n) is 3.83. The maximum absolute atomic E-state index is 11.2. The molecular formula is C19H37NO3. The summed E-state index contributed by atoms with van der Waals surface area (Å²) >= 11 is 0. The number of aliphatic hydroxyl groups excluding tert-OH is 1. The van der Waals surface area contributed by atoms with Crippen LogP contribution >= 0.6 is 0 Å². The lowest BCUT2D eigenvalue weighted by Crippen LogP contribution is -2.36. The highest BCUT2D eigenvalue weighted by atomic mass is 16.4. The first-order valence-corrected chi connectivity index (χ1v) is 9.56. The summed E-state index contributed by atoms with van der Waals surface area (Å²) in [6, 6.07) is -0.121. The number of carboxylic acids is 1. The number of carbonyl (C=O) groups is 1. The van der Waals surface area contributed by atoms with Crippen molar-refractivity contribution in [1.82, 2.24) is 0 Å². The Balaban J connectivity index is 2.18. The van der Waals surface area contributed by atoms with Gasteiger partial charge in [-0.2, -0.15) is 0 Å². The highest BCUT2D eigenvalue weighted by Crippen LogP contribution is 2.28. The minimum Gasteiger partial charge on any atom is -0.481 e. The first-order valence-electron chi connectivity index (χ1n) is 9.56. The summed E-state index contributed by atoms with van der Waals surface area (Å²) in [5, 5.41) is 19.5. The minimum absolute atomic E-state index is 0.121. The number of hydrogen-bond acceptors (Lipinski definition) is 3. The van der Waals surface area contributed by atoms with Crippen molar-refractivity contribution in [3.05, 3.63) is 0 Å².